The fraction of sp³-hybridized carbons (Fsp3) is 0.478. The maximum absolute atomic E-state index is 12.3. The van der Waals surface area contributed by atoms with Crippen molar-refractivity contribution in [3.05, 3.63) is 59.3 Å². The molecule has 2 heterocycles. The van der Waals surface area contributed by atoms with E-state index in [1.807, 2.05) is 75.0 Å². The summed E-state index contributed by atoms with van der Waals surface area (Å²) in [5.74, 6) is 0. The van der Waals surface area contributed by atoms with Crippen LogP contribution in [0.3, 0.4) is 0 Å². The van der Waals surface area contributed by atoms with Gasteiger partial charge in [-0.15, -0.1) is 0 Å². The lowest BCUT2D eigenvalue weighted by Gasteiger charge is -2.32. The maximum Gasteiger partial charge on any atom is 0.492 e. The van der Waals surface area contributed by atoms with Gasteiger partial charge in [0.2, 0.25) is 0 Å². The Balaban J connectivity index is 1.69. The third-order valence-corrected chi connectivity index (χ3v) is 5.66. The molecule has 1 N–H and O–H groups in total. The molecule has 0 saturated carbocycles. The van der Waals surface area contributed by atoms with Gasteiger partial charge in [-0.2, -0.15) is 5.10 Å². The molecule has 0 aliphatic carbocycles. The molecule has 3 rings (SSSR count). The number of ether oxygens (including phenoxy) is 1. The summed E-state index contributed by atoms with van der Waals surface area (Å²) in [5, 5.41) is 7.20. The Morgan fingerprint density at radius 3 is 2.52 bits per heavy atom. The second-order valence-electron chi connectivity index (χ2n) is 8.76. The molecular weight excluding hydrogens is 393 g/mol. The largest absolute Gasteiger partial charge is 0.492 e. The lowest BCUT2D eigenvalue weighted by Crippen LogP contribution is -2.41. The van der Waals surface area contributed by atoms with Crippen LogP contribution >= 0.6 is 0 Å². The molecule has 1 aliphatic rings. The fourth-order valence-electron chi connectivity index (χ4n) is 3.16. The van der Waals surface area contributed by atoms with Crippen LogP contribution in [0.2, 0.25) is 0 Å². The van der Waals surface area contributed by atoms with E-state index in [9.17, 15) is 4.79 Å². The smallest absolute Gasteiger partial charge is 0.445 e. The molecule has 1 fully saturated rings. The Morgan fingerprint density at radius 1 is 1.19 bits per heavy atom. The third-order valence-electron chi connectivity index (χ3n) is 5.66. The number of carbonyl (C=O) groups is 1. The lowest BCUT2D eigenvalue weighted by molar-refractivity contribution is 0.00578. The highest BCUT2D eigenvalue weighted by Crippen LogP contribution is 2.38. The van der Waals surface area contributed by atoms with Crippen molar-refractivity contribution in [2.45, 2.75) is 65.4 Å². The standard InChI is InChI=1S/C23H32BN3O4/c1-6-12-27-16-19(14-26-27)13-20(24-30-22(2,3)23(4,5)31-24)15-25-21(28)29-17-18-10-8-7-9-11-18/h7-11,13-14,16H,6,12,15,17H2,1-5H3,(H,25,28). The minimum absolute atomic E-state index is 0.214. The van der Waals surface area contributed by atoms with Crippen LogP contribution in [0.15, 0.2) is 48.2 Å². The molecule has 0 radical (unpaired) electrons. The number of alkyl carbamates (subject to hydrolysis) is 1. The number of aryl methyl sites for hydroxylation is 1. The fourth-order valence-corrected chi connectivity index (χ4v) is 3.16. The van der Waals surface area contributed by atoms with Crippen molar-refractivity contribution in [2.75, 3.05) is 6.54 Å². The summed E-state index contributed by atoms with van der Waals surface area (Å²) in [6.45, 7) is 11.4. The number of benzene rings is 1. The molecule has 1 aliphatic heterocycles. The second kappa shape index (κ2) is 9.70. The minimum atomic E-state index is -0.575. The van der Waals surface area contributed by atoms with Gasteiger partial charge in [0, 0.05) is 24.8 Å². The molecule has 8 heteroatoms. The third kappa shape index (κ3) is 5.99. The zero-order chi connectivity index (χ0) is 22.5. The topological polar surface area (TPSA) is 74.6 Å². The average Bonchev–Trinajstić information content (AvgIpc) is 3.25. The molecule has 166 valence electrons. The molecule has 7 nitrogen and oxygen atoms in total. The van der Waals surface area contributed by atoms with Crippen molar-refractivity contribution in [3.63, 3.8) is 0 Å². The molecule has 0 spiro atoms. The number of aromatic nitrogens is 2. The first-order chi connectivity index (χ1) is 14.7. The Hall–Kier alpha value is -2.58. The highest BCUT2D eigenvalue weighted by molar-refractivity contribution is 6.56. The zero-order valence-electron chi connectivity index (χ0n) is 19.1. The number of rotatable bonds is 8. The summed E-state index contributed by atoms with van der Waals surface area (Å²) in [4.78, 5) is 12.3. The van der Waals surface area contributed by atoms with E-state index in [-0.39, 0.29) is 13.2 Å². The first-order valence-corrected chi connectivity index (χ1v) is 10.7. The van der Waals surface area contributed by atoms with E-state index in [0.717, 1.165) is 29.6 Å². The van der Waals surface area contributed by atoms with Crippen molar-refractivity contribution in [1.82, 2.24) is 15.1 Å². The first kappa shape index (κ1) is 23.1. The molecule has 1 aromatic heterocycles. The number of nitrogens with one attached hydrogen (secondary N) is 1. The summed E-state index contributed by atoms with van der Waals surface area (Å²) < 4.78 is 19.6. The van der Waals surface area contributed by atoms with Gasteiger partial charge in [-0.25, -0.2) is 4.79 Å². The summed E-state index contributed by atoms with van der Waals surface area (Å²) in [6, 6.07) is 9.57. The minimum Gasteiger partial charge on any atom is -0.445 e. The van der Waals surface area contributed by atoms with Gasteiger partial charge >= 0.3 is 13.2 Å². The Labute approximate surface area is 184 Å². The van der Waals surface area contributed by atoms with Crippen molar-refractivity contribution in [1.29, 1.82) is 0 Å². The summed E-state index contributed by atoms with van der Waals surface area (Å²) >= 11 is 0. The van der Waals surface area contributed by atoms with Crippen molar-refractivity contribution in [3.8, 4) is 0 Å². The SMILES string of the molecule is CCCn1cc(C=C(CNC(=O)OCc2ccccc2)B2OC(C)(C)C(C)(C)O2)cn1. The Kier molecular flexibility index (Phi) is 7.23. The highest BCUT2D eigenvalue weighted by Gasteiger charge is 2.52. The van der Waals surface area contributed by atoms with Gasteiger partial charge in [0.25, 0.3) is 0 Å². The molecule has 1 amide bonds. The van der Waals surface area contributed by atoms with E-state index in [4.69, 9.17) is 14.0 Å². The summed E-state index contributed by atoms with van der Waals surface area (Å²) in [6.07, 6.45) is 6.24. The van der Waals surface area contributed by atoms with E-state index in [1.165, 1.54) is 0 Å². The van der Waals surface area contributed by atoms with Crippen LogP contribution in [-0.4, -0.2) is 40.7 Å². The predicted molar refractivity (Wildman–Crippen MR) is 121 cm³/mol. The lowest BCUT2D eigenvalue weighted by atomic mass is 9.77. The summed E-state index contributed by atoms with van der Waals surface area (Å²) in [5.41, 5.74) is 1.71. The number of hydrogen-bond acceptors (Lipinski definition) is 5. The van der Waals surface area contributed by atoms with E-state index >= 15 is 0 Å². The van der Waals surface area contributed by atoms with Gasteiger partial charge in [-0.3, -0.25) is 4.68 Å². The second-order valence-corrected chi connectivity index (χ2v) is 8.76. The zero-order valence-corrected chi connectivity index (χ0v) is 19.1. The maximum atomic E-state index is 12.3. The molecule has 0 unspecified atom stereocenters. The molecule has 0 atom stereocenters. The van der Waals surface area contributed by atoms with Gasteiger partial charge in [0.05, 0.1) is 17.4 Å². The monoisotopic (exact) mass is 425 g/mol. The number of nitrogens with zero attached hydrogens (tertiary/aromatic N) is 2. The van der Waals surface area contributed by atoms with Crippen molar-refractivity contribution in [2.24, 2.45) is 0 Å². The quantitative estimate of drug-likeness (QED) is 0.641. The van der Waals surface area contributed by atoms with Crippen LogP contribution in [0.25, 0.3) is 6.08 Å². The van der Waals surface area contributed by atoms with Gasteiger partial charge in [0.1, 0.15) is 6.61 Å². The molecule has 0 bridgehead atoms. The van der Waals surface area contributed by atoms with Gasteiger partial charge in [-0.1, -0.05) is 43.3 Å². The number of amides is 1. The first-order valence-electron chi connectivity index (χ1n) is 10.7. The number of hydrogen-bond donors (Lipinski definition) is 1. The van der Waals surface area contributed by atoms with Crippen LogP contribution in [0, 0.1) is 0 Å². The van der Waals surface area contributed by atoms with E-state index in [1.54, 1.807) is 6.20 Å². The van der Waals surface area contributed by atoms with E-state index in [0.29, 0.717) is 0 Å². The van der Waals surface area contributed by atoms with Crippen LogP contribution in [0.4, 0.5) is 4.79 Å². The van der Waals surface area contributed by atoms with Crippen molar-refractivity contribution >= 4 is 19.3 Å². The molecular formula is C23H32BN3O4. The molecule has 1 saturated heterocycles. The van der Waals surface area contributed by atoms with Gasteiger partial charge < -0.3 is 19.4 Å². The van der Waals surface area contributed by atoms with Crippen LogP contribution in [-0.2, 0) is 27.2 Å². The molecule has 2 aromatic rings. The average molecular weight is 425 g/mol. The van der Waals surface area contributed by atoms with Crippen LogP contribution < -0.4 is 5.32 Å². The van der Waals surface area contributed by atoms with Gasteiger partial charge in [-0.05, 0) is 45.2 Å². The van der Waals surface area contributed by atoms with Crippen molar-refractivity contribution < 1.29 is 18.8 Å². The predicted octanol–water partition coefficient (Wildman–Crippen LogP) is 4.23. The molecule has 31 heavy (non-hydrogen) atoms. The Bertz CT molecular complexity index is 893. The highest BCUT2D eigenvalue weighted by atomic mass is 16.7. The molecule has 1 aromatic carbocycles. The van der Waals surface area contributed by atoms with E-state index in [2.05, 4.69) is 17.3 Å². The van der Waals surface area contributed by atoms with Crippen LogP contribution in [0.5, 0.6) is 0 Å². The normalized spacial score (nSPS) is 17.6. The summed E-state index contributed by atoms with van der Waals surface area (Å²) in [7, 11) is -0.575. The van der Waals surface area contributed by atoms with Crippen LogP contribution in [0.1, 0.15) is 52.2 Å². The Morgan fingerprint density at radius 2 is 1.87 bits per heavy atom. The van der Waals surface area contributed by atoms with Gasteiger partial charge in [0.15, 0.2) is 0 Å². The number of carbonyl (C=O) groups excluding carboxylic acids is 1. The van der Waals surface area contributed by atoms with E-state index < -0.39 is 24.4 Å².